The molecule has 1 amide bonds. The van der Waals surface area contributed by atoms with Crippen LogP contribution in [0.15, 0.2) is 42.5 Å². The fraction of sp³-hybridized carbons (Fsp3) is 0.417. The lowest BCUT2D eigenvalue weighted by molar-refractivity contribution is 0.0706. The molecular formula is C24H28N2O3S. The zero-order valence-electron chi connectivity index (χ0n) is 17.6. The predicted molar refractivity (Wildman–Crippen MR) is 121 cm³/mol. The van der Waals surface area contributed by atoms with Gasteiger partial charge in [-0.25, -0.2) is 4.98 Å². The fourth-order valence-electron chi connectivity index (χ4n) is 3.85. The van der Waals surface area contributed by atoms with E-state index in [0.29, 0.717) is 42.7 Å². The van der Waals surface area contributed by atoms with Gasteiger partial charge in [0.1, 0.15) is 0 Å². The molecule has 30 heavy (non-hydrogen) atoms. The predicted octanol–water partition coefficient (Wildman–Crippen LogP) is 5.50. The Morgan fingerprint density at radius 3 is 2.83 bits per heavy atom. The summed E-state index contributed by atoms with van der Waals surface area (Å²) in [5.41, 5.74) is 1.69. The van der Waals surface area contributed by atoms with Gasteiger partial charge >= 0.3 is 0 Å². The van der Waals surface area contributed by atoms with E-state index < -0.39 is 0 Å². The zero-order chi connectivity index (χ0) is 20.9. The van der Waals surface area contributed by atoms with Gasteiger partial charge in [0, 0.05) is 24.6 Å². The van der Waals surface area contributed by atoms with Crippen LogP contribution >= 0.6 is 11.3 Å². The van der Waals surface area contributed by atoms with Crippen molar-refractivity contribution in [2.45, 2.75) is 39.0 Å². The van der Waals surface area contributed by atoms with Crippen LogP contribution in [0.1, 0.15) is 54.4 Å². The highest BCUT2D eigenvalue weighted by atomic mass is 32.1. The Hall–Kier alpha value is -2.60. The molecule has 158 valence electrons. The minimum atomic E-state index is 0.0452. The molecule has 1 fully saturated rings. The molecular weight excluding hydrogens is 396 g/mol. The summed E-state index contributed by atoms with van der Waals surface area (Å²) in [4.78, 5) is 20.0. The highest BCUT2D eigenvalue weighted by Crippen LogP contribution is 2.34. The number of likely N-dealkylation sites (tertiary alicyclic amines) is 1. The Kier molecular flexibility index (Phi) is 6.53. The molecule has 5 nitrogen and oxygen atoms in total. The maximum atomic E-state index is 13.2. The molecule has 0 spiro atoms. The van der Waals surface area contributed by atoms with E-state index in [2.05, 4.69) is 19.1 Å². The van der Waals surface area contributed by atoms with Crippen molar-refractivity contribution in [3.63, 3.8) is 0 Å². The van der Waals surface area contributed by atoms with Crippen molar-refractivity contribution in [1.82, 2.24) is 9.88 Å². The standard InChI is InChI=1S/C24H28N2O3S/c1-3-14-29-20-12-11-17(15-21(20)28-4-2)24(27)26-13-7-8-18(16-26)23-25-19-9-5-6-10-22(19)30-23/h5-6,9-12,15,18H,3-4,7-8,13-14,16H2,1-2H3/t18-/m0/s1. The van der Waals surface area contributed by atoms with Crippen molar-refractivity contribution in [2.75, 3.05) is 26.3 Å². The van der Waals surface area contributed by atoms with Crippen LogP contribution in [0.2, 0.25) is 0 Å². The molecule has 1 aliphatic rings. The summed E-state index contributed by atoms with van der Waals surface area (Å²) in [6.45, 7) is 6.64. The van der Waals surface area contributed by atoms with Crippen LogP contribution in [-0.2, 0) is 0 Å². The average molecular weight is 425 g/mol. The van der Waals surface area contributed by atoms with E-state index in [4.69, 9.17) is 14.5 Å². The third kappa shape index (κ3) is 4.43. The molecule has 0 saturated carbocycles. The quantitative estimate of drug-likeness (QED) is 0.502. The van der Waals surface area contributed by atoms with E-state index in [1.54, 1.807) is 11.3 Å². The molecule has 1 aromatic heterocycles. The molecule has 3 aromatic rings. The summed E-state index contributed by atoms with van der Waals surface area (Å²) in [6, 6.07) is 13.7. The van der Waals surface area contributed by atoms with Crippen LogP contribution in [0.4, 0.5) is 0 Å². The largest absolute Gasteiger partial charge is 0.490 e. The number of benzene rings is 2. The van der Waals surface area contributed by atoms with E-state index in [-0.39, 0.29) is 5.91 Å². The van der Waals surface area contributed by atoms with Gasteiger partial charge in [-0.1, -0.05) is 19.1 Å². The summed E-state index contributed by atoms with van der Waals surface area (Å²) < 4.78 is 12.7. The lowest BCUT2D eigenvalue weighted by Crippen LogP contribution is -2.39. The molecule has 1 saturated heterocycles. The number of fused-ring (bicyclic) bond motifs is 1. The van der Waals surface area contributed by atoms with E-state index in [9.17, 15) is 4.79 Å². The lowest BCUT2D eigenvalue weighted by Gasteiger charge is -2.32. The Labute approximate surface area is 181 Å². The second-order valence-electron chi connectivity index (χ2n) is 7.55. The number of thiazole rings is 1. The maximum Gasteiger partial charge on any atom is 0.254 e. The van der Waals surface area contributed by atoms with Crippen molar-refractivity contribution in [1.29, 1.82) is 0 Å². The molecule has 0 radical (unpaired) electrons. The molecule has 0 aliphatic carbocycles. The second kappa shape index (κ2) is 9.47. The monoisotopic (exact) mass is 424 g/mol. The average Bonchev–Trinajstić information content (AvgIpc) is 3.22. The first-order chi connectivity index (χ1) is 14.7. The molecule has 1 aliphatic heterocycles. The number of aromatic nitrogens is 1. The minimum Gasteiger partial charge on any atom is -0.490 e. The van der Waals surface area contributed by atoms with Crippen LogP contribution in [0.5, 0.6) is 11.5 Å². The van der Waals surface area contributed by atoms with Crippen molar-refractivity contribution in [3.05, 3.63) is 53.0 Å². The fourth-order valence-corrected chi connectivity index (χ4v) is 4.94. The first-order valence-electron chi connectivity index (χ1n) is 10.7. The summed E-state index contributed by atoms with van der Waals surface area (Å²) in [5, 5.41) is 1.13. The normalized spacial score (nSPS) is 16.6. The number of nitrogens with zero attached hydrogens (tertiary/aromatic N) is 2. The topological polar surface area (TPSA) is 51.7 Å². The molecule has 2 aromatic carbocycles. The molecule has 1 atom stereocenters. The highest BCUT2D eigenvalue weighted by Gasteiger charge is 2.28. The molecule has 0 bridgehead atoms. The van der Waals surface area contributed by atoms with E-state index in [1.807, 2.05) is 42.2 Å². The van der Waals surface area contributed by atoms with Crippen molar-refractivity contribution in [2.24, 2.45) is 0 Å². The third-order valence-corrected chi connectivity index (χ3v) is 6.52. The van der Waals surface area contributed by atoms with Gasteiger partial charge in [0.05, 0.1) is 28.4 Å². The summed E-state index contributed by atoms with van der Waals surface area (Å²) >= 11 is 1.75. The number of ether oxygens (including phenoxy) is 2. The van der Waals surface area contributed by atoms with Gasteiger partial charge < -0.3 is 14.4 Å². The molecule has 0 N–H and O–H groups in total. The Bertz CT molecular complexity index is 984. The zero-order valence-corrected chi connectivity index (χ0v) is 18.4. The van der Waals surface area contributed by atoms with E-state index >= 15 is 0 Å². The van der Waals surface area contributed by atoms with Gasteiger partial charge in [-0.05, 0) is 56.5 Å². The van der Waals surface area contributed by atoms with Crippen LogP contribution in [0.3, 0.4) is 0 Å². The number of amides is 1. The van der Waals surface area contributed by atoms with Gasteiger partial charge in [0.25, 0.3) is 5.91 Å². The number of para-hydroxylation sites is 1. The van der Waals surface area contributed by atoms with E-state index in [1.165, 1.54) is 4.70 Å². The van der Waals surface area contributed by atoms with Crippen molar-refractivity contribution < 1.29 is 14.3 Å². The Balaban J connectivity index is 1.51. The lowest BCUT2D eigenvalue weighted by atomic mass is 9.98. The SMILES string of the molecule is CCCOc1ccc(C(=O)N2CCC[C@H](c3nc4ccccc4s3)C2)cc1OCC. The van der Waals surface area contributed by atoms with Gasteiger partial charge in [-0.3, -0.25) is 4.79 Å². The van der Waals surface area contributed by atoms with E-state index in [0.717, 1.165) is 36.3 Å². The number of piperidine rings is 1. The molecule has 2 heterocycles. The van der Waals surface area contributed by atoms with Gasteiger partial charge in [-0.2, -0.15) is 0 Å². The second-order valence-corrected chi connectivity index (χ2v) is 8.62. The highest BCUT2D eigenvalue weighted by molar-refractivity contribution is 7.18. The minimum absolute atomic E-state index is 0.0452. The summed E-state index contributed by atoms with van der Waals surface area (Å²) in [6.07, 6.45) is 2.98. The first kappa shape index (κ1) is 20.7. The van der Waals surface area contributed by atoms with Crippen LogP contribution in [0.25, 0.3) is 10.2 Å². The van der Waals surface area contributed by atoms with Gasteiger partial charge in [-0.15, -0.1) is 11.3 Å². The maximum absolute atomic E-state index is 13.2. The molecule has 6 heteroatoms. The van der Waals surface area contributed by atoms with Crippen LogP contribution in [0, 0.1) is 0 Å². The third-order valence-electron chi connectivity index (χ3n) is 5.32. The Morgan fingerprint density at radius 2 is 2.03 bits per heavy atom. The molecule has 4 rings (SSSR count). The number of carbonyl (C=O) groups excluding carboxylic acids is 1. The van der Waals surface area contributed by atoms with Crippen LogP contribution in [-0.4, -0.2) is 42.1 Å². The number of hydrogen-bond donors (Lipinski definition) is 0. The van der Waals surface area contributed by atoms with Crippen molar-refractivity contribution in [3.8, 4) is 11.5 Å². The smallest absolute Gasteiger partial charge is 0.254 e. The van der Waals surface area contributed by atoms with Gasteiger partial charge in [0.15, 0.2) is 11.5 Å². The van der Waals surface area contributed by atoms with Crippen molar-refractivity contribution >= 4 is 27.5 Å². The summed E-state index contributed by atoms with van der Waals surface area (Å²) in [7, 11) is 0. The summed E-state index contributed by atoms with van der Waals surface area (Å²) in [5.74, 6) is 1.67. The molecule has 0 unspecified atom stereocenters. The number of carbonyl (C=O) groups is 1. The van der Waals surface area contributed by atoms with Crippen LogP contribution < -0.4 is 9.47 Å². The Morgan fingerprint density at radius 1 is 1.17 bits per heavy atom. The number of hydrogen-bond acceptors (Lipinski definition) is 5. The van der Waals surface area contributed by atoms with Gasteiger partial charge in [0.2, 0.25) is 0 Å². The first-order valence-corrected chi connectivity index (χ1v) is 11.6. The number of rotatable bonds is 7.